The lowest BCUT2D eigenvalue weighted by atomic mass is 10.3. The molecule has 21 heavy (non-hydrogen) atoms. The van der Waals surface area contributed by atoms with Gasteiger partial charge in [0.25, 0.3) is 5.69 Å². The van der Waals surface area contributed by atoms with Crippen molar-refractivity contribution in [2.24, 2.45) is 0 Å². The summed E-state index contributed by atoms with van der Waals surface area (Å²) in [6, 6.07) is 3.96. The topological polar surface area (TPSA) is 103 Å². The maximum atomic E-state index is 10.7. The number of halogens is 2. The number of nitro benzene ring substituents is 1. The highest BCUT2D eigenvalue weighted by Gasteiger charge is 2.16. The molecule has 0 spiro atoms. The molecule has 0 saturated carbocycles. The summed E-state index contributed by atoms with van der Waals surface area (Å²) in [7, 11) is 0. The van der Waals surface area contributed by atoms with Crippen molar-refractivity contribution in [3.63, 3.8) is 0 Å². The van der Waals surface area contributed by atoms with Crippen LogP contribution >= 0.6 is 31.9 Å². The molecular weight excluding hydrogens is 414 g/mol. The van der Waals surface area contributed by atoms with E-state index in [4.69, 9.17) is 14.3 Å². The molecular formula is C12H7Br2NO6. The van der Waals surface area contributed by atoms with Gasteiger partial charge in [-0.1, -0.05) is 0 Å². The molecule has 1 aromatic heterocycles. The SMILES string of the molecule is O=C(O)c1coc(COc2c(Br)cc([N+](=O)[O-])cc2Br)c1. The number of rotatable bonds is 5. The van der Waals surface area contributed by atoms with Crippen molar-refractivity contribution < 1.29 is 24.0 Å². The summed E-state index contributed by atoms with van der Waals surface area (Å²) in [5.41, 5.74) is -0.0670. The van der Waals surface area contributed by atoms with Crippen LogP contribution in [0.2, 0.25) is 0 Å². The number of ether oxygens (including phenoxy) is 1. The fourth-order valence-corrected chi connectivity index (χ4v) is 2.89. The molecule has 0 aliphatic heterocycles. The Kier molecular flexibility index (Phi) is 4.63. The number of non-ortho nitro benzene ring substituents is 1. The third kappa shape index (κ3) is 3.61. The predicted octanol–water partition coefficient (Wildman–Crippen LogP) is 3.99. The zero-order chi connectivity index (χ0) is 15.6. The summed E-state index contributed by atoms with van der Waals surface area (Å²) in [4.78, 5) is 20.9. The molecule has 0 saturated heterocycles. The van der Waals surface area contributed by atoms with E-state index in [1.165, 1.54) is 18.2 Å². The van der Waals surface area contributed by atoms with Crippen LogP contribution in [0.15, 0.2) is 37.8 Å². The van der Waals surface area contributed by atoms with Gasteiger partial charge >= 0.3 is 5.97 Å². The number of carbonyl (C=O) groups is 1. The summed E-state index contributed by atoms with van der Waals surface area (Å²) >= 11 is 6.37. The number of aromatic carboxylic acids is 1. The minimum Gasteiger partial charge on any atom is -0.483 e. The van der Waals surface area contributed by atoms with E-state index in [1.807, 2.05) is 0 Å². The maximum absolute atomic E-state index is 10.7. The van der Waals surface area contributed by atoms with Crippen LogP contribution in [0.4, 0.5) is 5.69 Å². The molecule has 0 unspecified atom stereocenters. The summed E-state index contributed by atoms with van der Waals surface area (Å²) in [5, 5.41) is 19.5. The van der Waals surface area contributed by atoms with E-state index in [9.17, 15) is 14.9 Å². The quantitative estimate of drug-likeness (QED) is 0.579. The second-order valence-corrected chi connectivity index (χ2v) is 5.60. The monoisotopic (exact) mass is 419 g/mol. The van der Waals surface area contributed by atoms with Crippen LogP contribution in [-0.4, -0.2) is 16.0 Å². The lowest BCUT2D eigenvalue weighted by Crippen LogP contribution is -1.97. The van der Waals surface area contributed by atoms with Gasteiger partial charge in [0.05, 0.1) is 19.4 Å². The van der Waals surface area contributed by atoms with Gasteiger partial charge in [0.15, 0.2) is 0 Å². The van der Waals surface area contributed by atoms with Crippen molar-refractivity contribution in [3.05, 3.63) is 54.8 Å². The van der Waals surface area contributed by atoms with Gasteiger partial charge in [0.2, 0.25) is 0 Å². The molecule has 2 aromatic rings. The molecule has 7 nitrogen and oxygen atoms in total. The molecule has 2 rings (SSSR count). The van der Waals surface area contributed by atoms with E-state index in [1.54, 1.807) is 0 Å². The lowest BCUT2D eigenvalue weighted by molar-refractivity contribution is -0.385. The number of benzene rings is 1. The fraction of sp³-hybridized carbons (Fsp3) is 0.0833. The zero-order valence-corrected chi connectivity index (χ0v) is 13.4. The predicted molar refractivity (Wildman–Crippen MR) is 78.5 cm³/mol. The molecule has 1 heterocycles. The zero-order valence-electron chi connectivity index (χ0n) is 10.2. The Hall–Kier alpha value is -1.87. The van der Waals surface area contributed by atoms with Crippen LogP contribution in [0.5, 0.6) is 5.75 Å². The minimum atomic E-state index is -1.09. The van der Waals surface area contributed by atoms with Gasteiger partial charge in [-0.2, -0.15) is 0 Å². The smallest absolute Gasteiger partial charge is 0.338 e. The van der Waals surface area contributed by atoms with Gasteiger partial charge in [-0.05, 0) is 37.9 Å². The average molecular weight is 421 g/mol. The standard InChI is InChI=1S/C12H7Br2NO6/c13-9-2-7(15(18)19)3-10(14)11(9)21-5-8-1-6(4-20-8)12(16)17/h1-4H,5H2,(H,16,17). The Morgan fingerprint density at radius 1 is 1.33 bits per heavy atom. The normalized spacial score (nSPS) is 10.4. The summed E-state index contributed by atoms with van der Waals surface area (Å²) in [6.07, 6.45) is 1.11. The lowest BCUT2D eigenvalue weighted by Gasteiger charge is -2.08. The van der Waals surface area contributed by atoms with Crippen molar-refractivity contribution >= 4 is 43.5 Å². The van der Waals surface area contributed by atoms with E-state index < -0.39 is 10.9 Å². The molecule has 0 radical (unpaired) electrons. The Labute approximate surface area is 134 Å². The highest BCUT2D eigenvalue weighted by molar-refractivity contribution is 9.11. The summed E-state index contributed by atoms with van der Waals surface area (Å²) in [5.74, 6) is -0.416. The first-order chi connectivity index (χ1) is 9.88. The first-order valence-corrected chi connectivity index (χ1v) is 7.04. The molecule has 0 aliphatic carbocycles. The van der Waals surface area contributed by atoms with Crippen LogP contribution in [0.1, 0.15) is 16.1 Å². The fourth-order valence-electron chi connectivity index (χ4n) is 1.50. The molecule has 0 amide bonds. The second kappa shape index (κ2) is 6.27. The molecule has 110 valence electrons. The van der Waals surface area contributed by atoms with Gasteiger partial charge in [0, 0.05) is 12.1 Å². The van der Waals surface area contributed by atoms with Crippen LogP contribution < -0.4 is 4.74 Å². The van der Waals surface area contributed by atoms with Gasteiger partial charge in [-0.3, -0.25) is 10.1 Å². The van der Waals surface area contributed by atoms with Gasteiger partial charge in [-0.15, -0.1) is 0 Å². The number of hydrogen-bond donors (Lipinski definition) is 1. The first kappa shape index (κ1) is 15.5. The number of furan rings is 1. The van der Waals surface area contributed by atoms with Crippen LogP contribution in [0.3, 0.4) is 0 Å². The molecule has 0 atom stereocenters. The van der Waals surface area contributed by atoms with Crippen molar-refractivity contribution in [1.29, 1.82) is 0 Å². The van der Waals surface area contributed by atoms with Crippen LogP contribution in [-0.2, 0) is 6.61 Å². The first-order valence-electron chi connectivity index (χ1n) is 5.45. The Morgan fingerprint density at radius 2 is 1.95 bits per heavy atom. The average Bonchev–Trinajstić information content (AvgIpc) is 2.86. The van der Waals surface area contributed by atoms with Crippen molar-refractivity contribution in [2.75, 3.05) is 0 Å². The molecule has 1 aromatic carbocycles. The van der Waals surface area contributed by atoms with E-state index in [0.29, 0.717) is 20.5 Å². The third-order valence-corrected chi connectivity index (χ3v) is 3.63. The van der Waals surface area contributed by atoms with E-state index >= 15 is 0 Å². The molecule has 0 fully saturated rings. The molecule has 9 heteroatoms. The van der Waals surface area contributed by atoms with Crippen molar-refractivity contribution in [2.45, 2.75) is 6.61 Å². The summed E-state index contributed by atoms with van der Waals surface area (Å²) < 4.78 is 11.3. The number of carboxylic acids is 1. The second-order valence-electron chi connectivity index (χ2n) is 3.89. The highest BCUT2D eigenvalue weighted by atomic mass is 79.9. The van der Waals surface area contributed by atoms with E-state index in [2.05, 4.69) is 31.9 Å². The third-order valence-electron chi connectivity index (χ3n) is 2.45. The summed E-state index contributed by atoms with van der Waals surface area (Å²) in [6.45, 7) is -0.0116. The van der Waals surface area contributed by atoms with Crippen LogP contribution in [0, 0.1) is 10.1 Å². The Morgan fingerprint density at radius 3 is 2.43 bits per heavy atom. The Bertz CT molecular complexity index is 689. The molecule has 0 bridgehead atoms. The van der Waals surface area contributed by atoms with E-state index in [-0.39, 0.29) is 17.9 Å². The number of nitrogens with zero attached hydrogens (tertiary/aromatic N) is 1. The highest BCUT2D eigenvalue weighted by Crippen LogP contribution is 2.37. The number of nitro groups is 1. The van der Waals surface area contributed by atoms with E-state index in [0.717, 1.165) is 6.26 Å². The Balaban J connectivity index is 2.16. The maximum Gasteiger partial charge on any atom is 0.338 e. The van der Waals surface area contributed by atoms with Gasteiger partial charge < -0.3 is 14.3 Å². The number of hydrogen-bond acceptors (Lipinski definition) is 5. The largest absolute Gasteiger partial charge is 0.483 e. The minimum absolute atomic E-state index is 0.0116. The number of carboxylic acid groups (broad SMARTS) is 1. The molecule has 0 aliphatic rings. The van der Waals surface area contributed by atoms with Crippen molar-refractivity contribution in [1.82, 2.24) is 0 Å². The van der Waals surface area contributed by atoms with Crippen LogP contribution in [0.25, 0.3) is 0 Å². The van der Waals surface area contributed by atoms with Gasteiger partial charge in [-0.25, -0.2) is 4.79 Å². The van der Waals surface area contributed by atoms with Gasteiger partial charge in [0.1, 0.15) is 24.4 Å². The van der Waals surface area contributed by atoms with Crippen molar-refractivity contribution in [3.8, 4) is 5.75 Å². The molecule has 1 N–H and O–H groups in total.